The van der Waals surface area contributed by atoms with Gasteiger partial charge in [0.15, 0.2) is 0 Å². The SMILES string of the molecule is CCCC[N+]1=C(n2nc(C)cc2C)N=C2C1C(=O)N(Cc1ccc(OC)cc1)C(=O)N2C. The van der Waals surface area contributed by atoms with Crippen LogP contribution in [0.25, 0.3) is 0 Å². The minimum atomic E-state index is -0.651. The third-order valence-electron chi connectivity index (χ3n) is 5.84. The van der Waals surface area contributed by atoms with Crippen molar-refractivity contribution in [2.75, 3.05) is 20.7 Å². The van der Waals surface area contributed by atoms with E-state index in [1.54, 1.807) is 18.8 Å². The molecule has 0 aliphatic carbocycles. The number of carbonyl (C=O) groups is 2. The zero-order valence-corrected chi connectivity index (χ0v) is 19.2. The van der Waals surface area contributed by atoms with Gasteiger partial charge >= 0.3 is 12.0 Å². The molecule has 0 radical (unpaired) electrons. The maximum Gasteiger partial charge on any atom is 0.421 e. The molecule has 2 aromatic rings. The summed E-state index contributed by atoms with van der Waals surface area (Å²) < 4.78 is 8.94. The van der Waals surface area contributed by atoms with Crippen LogP contribution in [0.1, 0.15) is 36.7 Å². The number of aryl methyl sites for hydroxylation is 2. The molecule has 1 atom stereocenters. The van der Waals surface area contributed by atoms with E-state index in [2.05, 4.69) is 12.0 Å². The topological polar surface area (TPSA) is 83.0 Å². The maximum atomic E-state index is 13.6. The third-order valence-corrected chi connectivity index (χ3v) is 5.84. The summed E-state index contributed by atoms with van der Waals surface area (Å²) >= 11 is 0. The Morgan fingerprint density at radius 2 is 1.88 bits per heavy atom. The number of carbonyl (C=O) groups excluding carboxylic acids is 2. The molecule has 0 bridgehead atoms. The molecular weight excluding hydrogens is 408 g/mol. The first-order valence-electron chi connectivity index (χ1n) is 10.8. The van der Waals surface area contributed by atoms with Crippen LogP contribution in [-0.2, 0) is 11.3 Å². The van der Waals surface area contributed by atoms with Crippen molar-refractivity contribution in [1.29, 1.82) is 0 Å². The number of fused-ring (bicyclic) bond motifs is 1. The van der Waals surface area contributed by atoms with Crippen LogP contribution >= 0.6 is 0 Å². The summed E-state index contributed by atoms with van der Waals surface area (Å²) in [6.45, 7) is 6.82. The smallest absolute Gasteiger partial charge is 0.421 e. The number of aliphatic imine (C=N–C) groups is 1. The van der Waals surface area contributed by atoms with Crippen molar-refractivity contribution in [2.24, 2.45) is 4.99 Å². The highest BCUT2D eigenvalue weighted by atomic mass is 16.5. The molecule has 0 saturated carbocycles. The first-order chi connectivity index (χ1) is 15.3. The van der Waals surface area contributed by atoms with Gasteiger partial charge in [0.25, 0.3) is 5.91 Å². The molecule has 9 nitrogen and oxygen atoms in total. The number of benzene rings is 1. The number of imide groups is 1. The Labute approximate surface area is 187 Å². The van der Waals surface area contributed by atoms with Crippen LogP contribution in [0.4, 0.5) is 4.79 Å². The molecule has 1 fully saturated rings. The highest BCUT2D eigenvalue weighted by Gasteiger charge is 2.53. The van der Waals surface area contributed by atoms with Gasteiger partial charge in [-0.3, -0.25) is 14.6 Å². The number of hydrogen-bond donors (Lipinski definition) is 0. The highest BCUT2D eigenvalue weighted by molar-refractivity contribution is 6.22. The molecule has 2 aliphatic rings. The van der Waals surface area contributed by atoms with E-state index < -0.39 is 6.04 Å². The van der Waals surface area contributed by atoms with Crippen LogP contribution < -0.4 is 4.74 Å². The molecule has 2 aliphatic heterocycles. The van der Waals surface area contributed by atoms with Crippen molar-refractivity contribution in [3.63, 3.8) is 0 Å². The quantitative estimate of drug-likeness (QED) is 0.650. The van der Waals surface area contributed by atoms with Crippen LogP contribution in [0, 0.1) is 13.8 Å². The van der Waals surface area contributed by atoms with Gasteiger partial charge in [0.2, 0.25) is 11.9 Å². The van der Waals surface area contributed by atoms with Crippen LogP contribution in [0.3, 0.4) is 0 Å². The maximum absolute atomic E-state index is 13.6. The molecule has 168 valence electrons. The van der Waals surface area contributed by atoms with Gasteiger partial charge in [-0.15, -0.1) is 9.78 Å². The van der Waals surface area contributed by atoms with Gasteiger partial charge in [-0.05, 0) is 44.0 Å². The minimum Gasteiger partial charge on any atom is -0.497 e. The van der Waals surface area contributed by atoms with Gasteiger partial charge in [0, 0.05) is 7.05 Å². The fourth-order valence-electron chi connectivity index (χ4n) is 4.12. The summed E-state index contributed by atoms with van der Waals surface area (Å²) in [6, 6.07) is 8.30. The Balaban J connectivity index is 1.72. The molecule has 0 N–H and O–H groups in total. The first-order valence-corrected chi connectivity index (χ1v) is 10.8. The molecule has 0 spiro atoms. The molecule has 1 saturated heterocycles. The lowest BCUT2D eigenvalue weighted by molar-refractivity contribution is -0.538. The van der Waals surface area contributed by atoms with Crippen LogP contribution in [0.2, 0.25) is 0 Å². The summed E-state index contributed by atoms with van der Waals surface area (Å²) in [4.78, 5) is 34.3. The first kappa shape index (κ1) is 21.7. The van der Waals surface area contributed by atoms with Crippen LogP contribution in [-0.4, -0.2) is 74.6 Å². The van der Waals surface area contributed by atoms with E-state index in [0.717, 1.165) is 35.5 Å². The van der Waals surface area contributed by atoms with Crippen molar-refractivity contribution in [1.82, 2.24) is 19.6 Å². The third kappa shape index (κ3) is 3.68. The number of urea groups is 1. The fraction of sp³-hybridized carbons (Fsp3) is 0.435. The molecule has 1 aromatic heterocycles. The normalized spacial score (nSPS) is 18.4. The average Bonchev–Trinajstić information content (AvgIpc) is 3.33. The molecule has 1 unspecified atom stereocenters. The fourth-order valence-corrected chi connectivity index (χ4v) is 4.12. The standard InChI is InChI=1S/C23H29N6O3/c1-6-7-12-27-19-20(24-22(27)29-16(3)13-15(2)25-29)26(4)23(31)28(21(19)30)14-17-8-10-18(32-5)11-9-17/h8-11,13,19H,6-7,12,14H2,1-5H3/q+1. The molecule has 32 heavy (non-hydrogen) atoms. The lowest BCUT2D eigenvalue weighted by Crippen LogP contribution is -2.62. The van der Waals surface area contributed by atoms with E-state index in [1.807, 2.05) is 48.8 Å². The summed E-state index contributed by atoms with van der Waals surface area (Å²) in [5.41, 5.74) is 2.65. The Hall–Kier alpha value is -3.49. The predicted molar refractivity (Wildman–Crippen MR) is 120 cm³/mol. The summed E-state index contributed by atoms with van der Waals surface area (Å²) in [5.74, 6) is 1.49. The molecule has 3 amide bonds. The minimum absolute atomic E-state index is 0.187. The second-order valence-electron chi connectivity index (χ2n) is 8.17. The Bertz CT molecular complexity index is 1120. The van der Waals surface area contributed by atoms with Crippen molar-refractivity contribution >= 4 is 23.7 Å². The van der Waals surface area contributed by atoms with Crippen molar-refractivity contribution in [3.05, 3.63) is 47.3 Å². The number of amidine groups is 1. The second-order valence-corrected chi connectivity index (χ2v) is 8.17. The van der Waals surface area contributed by atoms with Crippen molar-refractivity contribution < 1.29 is 18.9 Å². The van der Waals surface area contributed by atoms with Gasteiger partial charge in [-0.2, -0.15) is 0 Å². The van der Waals surface area contributed by atoms with E-state index >= 15 is 0 Å². The summed E-state index contributed by atoms with van der Waals surface area (Å²) in [6.07, 6.45) is 1.87. The number of rotatable bonds is 6. The summed E-state index contributed by atoms with van der Waals surface area (Å²) in [7, 11) is 3.27. The van der Waals surface area contributed by atoms with E-state index in [1.165, 1.54) is 9.80 Å². The zero-order valence-electron chi connectivity index (χ0n) is 19.2. The predicted octanol–water partition coefficient (Wildman–Crippen LogP) is 2.40. The Morgan fingerprint density at radius 1 is 1.16 bits per heavy atom. The average molecular weight is 438 g/mol. The molecule has 3 heterocycles. The van der Waals surface area contributed by atoms with Crippen LogP contribution in [0.5, 0.6) is 5.75 Å². The van der Waals surface area contributed by atoms with E-state index in [4.69, 9.17) is 9.73 Å². The number of unbranched alkanes of at least 4 members (excludes halogenated alkanes) is 1. The monoisotopic (exact) mass is 437 g/mol. The molecule has 9 heteroatoms. The lowest BCUT2D eigenvalue weighted by atomic mass is 10.1. The van der Waals surface area contributed by atoms with Crippen LogP contribution in [0.15, 0.2) is 35.3 Å². The second kappa shape index (κ2) is 8.57. The Kier molecular flexibility index (Phi) is 5.82. The van der Waals surface area contributed by atoms with Crippen molar-refractivity contribution in [3.8, 4) is 5.75 Å². The van der Waals surface area contributed by atoms with Crippen molar-refractivity contribution in [2.45, 2.75) is 46.2 Å². The van der Waals surface area contributed by atoms with E-state index in [-0.39, 0.29) is 18.5 Å². The number of ether oxygens (including phenoxy) is 1. The largest absolute Gasteiger partial charge is 0.497 e. The number of likely N-dealkylation sites (N-methyl/N-ethyl adjacent to an activating group) is 1. The number of hydrogen-bond acceptors (Lipinski definition) is 5. The molecular formula is C23H29N6O3+. The van der Waals surface area contributed by atoms with Gasteiger partial charge in [0.05, 0.1) is 25.9 Å². The van der Waals surface area contributed by atoms with E-state index in [9.17, 15) is 9.59 Å². The number of amides is 3. The van der Waals surface area contributed by atoms with E-state index in [0.29, 0.717) is 18.3 Å². The van der Waals surface area contributed by atoms with Gasteiger partial charge in [-0.25, -0.2) is 9.37 Å². The lowest BCUT2D eigenvalue weighted by Gasteiger charge is -2.34. The number of methoxy groups -OCH3 is 1. The highest BCUT2D eigenvalue weighted by Crippen LogP contribution is 2.24. The van der Waals surface area contributed by atoms with Gasteiger partial charge in [-0.1, -0.05) is 30.5 Å². The Morgan fingerprint density at radius 3 is 2.47 bits per heavy atom. The number of aromatic nitrogens is 2. The summed E-state index contributed by atoms with van der Waals surface area (Å²) in [5, 5.41) is 4.57. The van der Waals surface area contributed by atoms with Gasteiger partial charge < -0.3 is 4.74 Å². The van der Waals surface area contributed by atoms with Gasteiger partial charge in [0.1, 0.15) is 11.4 Å². The molecule has 1 aromatic carbocycles. The number of nitrogens with zero attached hydrogens (tertiary/aromatic N) is 6. The zero-order chi connectivity index (χ0) is 23.0. The molecule has 4 rings (SSSR count).